The smallest absolute Gasteiger partial charge is 0.227 e. The summed E-state index contributed by atoms with van der Waals surface area (Å²) in [6.45, 7) is 4.43. The average molecular weight is 317 g/mol. The first kappa shape index (κ1) is 14.8. The van der Waals surface area contributed by atoms with E-state index in [-0.39, 0.29) is 0 Å². The van der Waals surface area contributed by atoms with Crippen LogP contribution in [-0.2, 0) is 0 Å². The standard InChI is InChI=1S/C21H19NO2/c1-3-14(2)17-10-11-20-18(13-17)22-21(24-20)16-8-6-15(7-9-16)19-5-4-12-23-19/h4-14H,3H2,1-2H3. The first-order valence-electron chi connectivity index (χ1n) is 8.29. The minimum atomic E-state index is 0.530. The normalized spacial score (nSPS) is 12.6. The van der Waals surface area contributed by atoms with E-state index in [0.29, 0.717) is 11.8 Å². The van der Waals surface area contributed by atoms with Crippen molar-refractivity contribution in [2.24, 2.45) is 0 Å². The van der Waals surface area contributed by atoms with Crippen LogP contribution in [0.3, 0.4) is 0 Å². The number of hydrogen-bond acceptors (Lipinski definition) is 3. The van der Waals surface area contributed by atoms with Crippen LogP contribution in [0.5, 0.6) is 0 Å². The van der Waals surface area contributed by atoms with Crippen molar-refractivity contribution < 1.29 is 8.83 Å². The molecule has 24 heavy (non-hydrogen) atoms. The van der Waals surface area contributed by atoms with Crippen molar-refractivity contribution in [3.63, 3.8) is 0 Å². The lowest BCUT2D eigenvalue weighted by atomic mass is 9.98. The largest absolute Gasteiger partial charge is 0.464 e. The molecule has 0 radical (unpaired) electrons. The van der Waals surface area contributed by atoms with Crippen LogP contribution >= 0.6 is 0 Å². The van der Waals surface area contributed by atoms with Gasteiger partial charge in [-0.2, -0.15) is 0 Å². The SMILES string of the molecule is CCC(C)c1ccc2oc(-c3ccc(-c4ccco4)cc3)nc2c1. The van der Waals surface area contributed by atoms with Gasteiger partial charge in [0.1, 0.15) is 11.3 Å². The molecule has 4 aromatic rings. The van der Waals surface area contributed by atoms with Crippen LogP contribution in [-0.4, -0.2) is 4.98 Å². The molecule has 4 rings (SSSR count). The van der Waals surface area contributed by atoms with Gasteiger partial charge in [0.2, 0.25) is 5.89 Å². The van der Waals surface area contributed by atoms with Gasteiger partial charge in [-0.05, 0) is 54.3 Å². The fourth-order valence-corrected chi connectivity index (χ4v) is 2.83. The van der Waals surface area contributed by atoms with Crippen molar-refractivity contribution in [2.45, 2.75) is 26.2 Å². The Balaban J connectivity index is 1.68. The van der Waals surface area contributed by atoms with Crippen LogP contribution in [0.1, 0.15) is 31.7 Å². The summed E-state index contributed by atoms with van der Waals surface area (Å²) in [5.41, 5.74) is 5.05. The van der Waals surface area contributed by atoms with E-state index in [2.05, 4.69) is 31.0 Å². The predicted molar refractivity (Wildman–Crippen MR) is 95.9 cm³/mol. The highest BCUT2D eigenvalue weighted by atomic mass is 16.3. The Bertz CT molecular complexity index is 949. The zero-order chi connectivity index (χ0) is 16.5. The number of oxazole rings is 1. The van der Waals surface area contributed by atoms with Gasteiger partial charge in [-0.15, -0.1) is 0 Å². The molecule has 3 heteroatoms. The molecule has 0 fully saturated rings. The molecule has 2 aromatic carbocycles. The van der Waals surface area contributed by atoms with Crippen LogP contribution in [0.15, 0.2) is 69.7 Å². The maximum Gasteiger partial charge on any atom is 0.227 e. The summed E-state index contributed by atoms with van der Waals surface area (Å²) in [6, 6.07) is 18.2. The molecule has 0 bridgehead atoms. The third-order valence-electron chi connectivity index (χ3n) is 4.53. The lowest BCUT2D eigenvalue weighted by Gasteiger charge is -2.07. The zero-order valence-electron chi connectivity index (χ0n) is 13.8. The molecule has 120 valence electrons. The van der Waals surface area contributed by atoms with E-state index in [1.165, 1.54) is 5.56 Å². The van der Waals surface area contributed by atoms with E-state index < -0.39 is 0 Å². The summed E-state index contributed by atoms with van der Waals surface area (Å²) in [7, 11) is 0. The van der Waals surface area contributed by atoms with Gasteiger partial charge in [-0.25, -0.2) is 4.98 Å². The summed E-state index contributed by atoms with van der Waals surface area (Å²) in [5, 5.41) is 0. The van der Waals surface area contributed by atoms with Gasteiger partial charge in [0, 0.05) is 11.1 Å². The molecule has 1 unspecified atom stereocenters. The number of hydrogen-bond donors (Lipinski definition) is 0. The Morgan fingerprint density at radius 3 is 2.50 bits per heavy atom. The number of benzene rings is 2. The first-order valence-corrected chi connectivity index (χ1v) is 8.29. The fourth-order valence-electron chi connectivity index (χ4n) is 2.83. The van der Waals surface area contributed by atoms with Gasteiger partial charge in [0.15, 0.2) is 5.58 Å². The van der Waals surface area contributed by atoms with Crippen molar-refractivity contribution in [1.82, 2.24) is 4.98 Å². The maximum absolute atomic E-state index is 5.92. The van der Waals surface area contributed by atoms with Crippen LogP contribution in [0.2, 0.25) is 0 Å². The Morgan fingerprint density at radius 1 is 1.00 bits per heavy atom. The first-order chi connectivity index (χ1) is 11.7. The summed E-state index contributed by atoms with van der Waals surface area (Å²) in [5.74, 6) is 2.04. The van der Waals surface area contributed by atoms with Gasteiger partial charge in [0.25, 0.3) is 0 Å². The molecule has 0 aliphatic heterocycles. The molecule has 0 N–H and O–H groups in total. The van der Waals surface area contributed by atoms with Crippen molar-refractivity contribution in [3.8, 4) is 22.8 Å². The summed E-state index contributed by atoms with van der Waals surface area (Å²) >= 11 is 0. The predicted octanol–water partition coefficient (Wildman–Crippen LogP) is 6.27. The van der Waals surface area contributed by atoms with Crippen molar-refractivity contribution in [2.75, 3.05) is 0 Å². The van der Waals surface area contributed by atoms with E-state index >= 15 is 0 Å². The maximum atomic E-state index is 5.92. The molecular weight excluding hydrogens is 298 g/mol. The highest BCUT2D eigenvalue weighted by molar-refractivity contribution is 5.77. The third kappa shape index (κ3) is 2.62. The molecule has 0 aliphatic rings. The zero-order valence-corrected chi connectivity index (χ0v) is 13.8. The van der Waals surface area contributed by atoms with Gasteiger partial charge >= 0.3 is 0 Å². The van der Waals surface area contributed by atoms with Gasteiger partial charge in [-0.1, -0.05) is 32.0 Å². The fraction of sp³-hybridized carbons (Fsp3) is 0.190. The van der Waals surface area contributed by atoms with Crippen molar-refractivity contribution in [3.05, 3.63) is 66.4 Å². The summed E-state index contributed by atoms with van der Waals surface area (Å²) in [6.07, 6.45) is 2.80. The molecule has 2 aromatic heterocycles. The topological polar surface area (TPSA) is 39.2 Å². The summed E-state index contributed by atoms with van der Waals surface area (Å²) in [4.78, 5) is 4.66. The molecular formula is C21H19NO2. The Hall–Kier alpha value is -2.81. The second-order valence-electron chi connectivity index (χ2n) is 6.11. The number of aromatic nitrogens is 1. The van der Waals surface area contributed by atoms with E-state index in [0.717, 1.165) is 34.4 Å². The van der Waals surface area contributed by atoms with Crippen LogP contribution in [0.25, 0.3) is 33.9 Å². The van der Waals surface area contributed by atoms with Crippen LogP contribution < -0.4 is 0 Å². The lowest BCUT2D eigenvalue weighted by Crippen LogP contribution is -1.90. The van der Waals surface area contributed by atoms with Crippen molar-refractivity contribution >= 4 is 11.1 Å². The van der Waals surface area contributed by atoms with E-state index in [4.69, 9.17) is 8.83 Å². The van der Waals surface area contributed by atoms with Gasteiger partial charge in [-0.3, -0.25) is 0 Å². The monoisotopic (exact) mass is 317 g/mol. The molecule has 3 nitrogen and oxygen atoms in total. The second-order valence-corrected chi connectivity index (χ2v) is 6.11. The molecule has 0 saturated heterocycles. The number of nitrogens with zero attached hydrogens (tertiary/aromatic N) is 1. The lowest BCUT2D eigenvalue weighted by molar-refractivity contribution is 0.582. The molecule has 0 spiro atoms. The Morgan fingerprint density at radius 2 is 1.79 bits per heavy atom. The van der Waals surface area contributed by atoms with E-state index in [9.17, 15) is 0 Å². The molecule has 1 atom stereocenters. The highest BCUT2D eigenvalue weighted by Crippen LogP contribution is 2.29. The minimum absolute atomic E-state index is 0.530. The second kappa shape index (κ2) is 6.00. The highest BCUT2D eigenvalue weighted by Gasteiger charge is 2.11. The molecule has 0 saturated carbocycles. The summed E-state index contributed by atoms with van der Waals surface area (Å²) < 4.78 is 11.3. The van der Waals surface area contributed by atoms with Gasteiger partial charge < -0.3 is 8.83 Å². The molecule has 0 aliphatic carbocycles. The number of furan rings is 1. The minimum Gasteiger partial charge on any atom is -0.464 e. The van der Waals surface area contributed by atoms with Gasteiger partial charge in [0.05, 0.1) is 6.26 Å². The number of fused-ring (bicyclic) bond motifs is 1. The molecule has 2 heterocycles. The van der Waals surface area contributed by atoms with E-state index in [1.807, 2.05) is 42.5 Å². The number of rotatable bonds is 4. The van der Waals surface area contributed by atoms with E-state index in [1.54, 1.807) is 6.26 Å². The Kier molecular flexibility index (Phi) is 3.69. The van der Waals surface area contributed by atoms with Crippen LogP contribution in [0, 0.1) is 0 Å². The third-order valence-corrected chi connectivity index (χ3v) is 4.53. The Labute approximate surface area is 140 Å². The van der Waals surface area contributed by atoms with Crippen LogP contribution in [0.4, 0.5) is 0 Å². The quantitative estimate of drug-likeness (QED) is 0.445. The average Bonchev–Trinajstić information content (AvgIpc) is 3.30. The van der Waals surface area contributed by atoms with Crippen molar-refractivity contribution in [1.29, 1.82) is 0 Å². The molecule has 0 amide bonds.